The van der Waals surface area contributed by atoms with Gasteiger partial charge in [-0.1, -0.05) is 0 Å². The van der Waals surface area contributed by atoms with Crippen LogP contribution in [0.2, 0.25) is 0 Å². The van der Waals surface area contributed by atoms with Crippen molar-refractivity contribution in [3.63, 3.8) is 0 Å². The molecule has 0 radical (unpaired) electrons. The fraction of sp³-hybridized carbons (Fsp3) is 0.286. The number of halogens is 2. The SMILES string of the molecule is CC(C)(C)OCCNC(=O)c1ccc(F)c(NC(=O)c2cnn3cc(Br)ccc23)c1. The zero-order valence-corrected chi connectivity index (χ0v) is 18.4. The van der Waals surface area contributed by atoms with Crippen molar-refractivity contribution < 1.29 is 18.7 Å². The quantitative estimate of drug-likeness (QED) is 0.525. The summed E-state index contributed by atoms with van der Waals surface area (Å²) in [6.45, 7) is 6.43. The van der Waals surface area contributed by atoms with Crippen LogP contribution in [0, 0.1) is 5.82 Å². The fourth-order valence-electron chi connectivity index (χ4n) is 2.71. The van der Waals surface area contributed by atoms with Gasteiger partial charge in [0.25, 0.3) is 11.8 Å². The molecule has 2 amide bonds. The molecule has 7 nitrogen and oxygen atoms in total. The Hall–Kier alpha value is -2.78. The summed E-state index contributed by atoms with van der Waals surface area (Å²) in [6.07, 6.45) is 3.11. The van der Waals surface area contributed by atoms with E-state index in [2.05, 4.69) is 31.7 Å². The number of amides is 2. The van der Waals surface area contributed by atoms with Crippen molar-refractivity contribution in [3.05, 3.63) is 64.1 Å². The number of fused-ring (bicyclic) bond motifs is 1. The lowest BCUT2D eigenvalue weighted by Crippen LogP contribution is -2.30. The molecule has 0 saturated carbocycles. The van der Waals surface area contributed by atoms with E-state index >= 15 is 0 Å². The molecule has 0 unspecified atom stereocenters. The van der Waals surface area contributed by atoms with Crippen molar-refractivity contribution >= 4 is 38.9 Å². The van der Waals surface area contributed by atoms with Gasteiger partial charge in [-0.25, -0.2) is 8.91 Å². The monoisotopic (exact) mass is 476 g/mol. The largest absolute Gasteiger partial charge is 0.374 e. The molecule has 3 aromatic rings. The number of carbonyl (C=O) groups is 2. The first kappa shape index (κ1) is 21.9. The lowest BCUT2D eigenvalue weighted by Gasteiger charge is -2.19. The summed E-state index contributed by atoms with van der Waals surface area (Å²) in [5.74, 6) is -1.55. The van der Waals surface area contributed by atoms with E-state index in [0.29, 0.717) is 18.7 Å². The Labute approximate surface area is 181 Å². The molecule has 0 saturated heterocycles. The molecule has 0 aliphatic heterocycles. The zero-order valence-electron chi connectivity index (χ0n) is 16.8. The maximum Gasteiger partial charge on any atom is 0.259 e. The average molecular weight is 477 g/mol. The van der Waals surface area contributed by atoms with Gasteiger partial charge in [-0.2, -0.15) is 5.10 Å². The van der Waals surface area contributed by atoms with Crippen LogP contribution in [0.1, 0.15) is 41.5 Å². The second-order valence-electron chi connectivity index (χ2n) is 7.60. The third kappa shape index (κ3) is 5.43. The summed E-state index contributed by atoms with van der Waals surface area (Å²) in [5, 5.41) is 9.36. The summed E-state index contributed by atoms with van der Waals surface area (Å²) < 4.78 is 22.1. The highest BCUT2D eigenvalue weighted by Crippen LogP contribution is 2.20. The second kappa shape index (κ2) is 8.93. The van der Waals surface area contributed by atoms with Gasteiger partial charge in [-0.15, -0.1) is 0 Å². The molecule has 0 aliphatic carbocycles. The molecule has 1 aromatic carbocycles. The molecule has 9 heteroatoms. The number of anilines is 1. The Bertz CT molecular complexity index is 1090. The highest BCUT2D eigenvalue weighted by molar-refractivity contribution is 9.10. The zero-order chi connectivity index (χ0) is 21.9. The Kier molecular flexibility index (Phi) is 6.52. The average Bonchev–Trinajstić information content (AvgIpc) is 3.09. The predicted molar refractivity (Wildman–Crippen MR) is 115 cm³/mol. The van der Waals surface area contributed by atoms with E-state index in [1.54, 1.807) is 22.8 Å². The van der Waals surface area contributed by atoms with Crippen LogP contribution in [-0.2, 0) is 4.74 Å². The van der Waals surface area contributed by atoms with E-state index in [1.165, 1.54) is 18.3 Å². The number of hydrogen-bond donors (Lipinski definition) is 2. The molecular weight excluding hydrogens is 455 g/mol. The molecule has 0 fully saturated rings. The molecule has 3 rings (SSSR count). The topological polar surface area (TPSA) is 84.7 Å². The number of nitrogens with one attached hydrogen (secondary N) is 2. The number of benzene rings is 1. The Morgan fingerprint density at radius 3 is 2.70 bits per heavy atom. The van der Waals surface area contributed by atoms with Crippen LogP contribution in [-0.4, -0.2) is 40.2 Å². The van der Waals surface area contributed by atoms with Gasteiger partial charge in [0.15, 0.2) is 0 Å². The minimum Gasteiger partial charge on any atom is -0.374 e. The molecule has 0 atom stereocenters. The third-order valence-corrected chi connectivity index (χ3v) is 4.59. The van der Waals surface area contributed by atoms with Crippen molar-refractivity contribution in [2.45, 2.75) is 26.4 Å². The van der Waals surface area contributed by atoms with Gasteiger partial charge in [0.05, 0.1) is 35.2 Å². The second-order valence-corrected chi connectivity index (χ2v) is 8.52. The molecule has 0 aliphatic rings. The number of nitrogens with zero attached hydrogens (tertiary/aromatic N) is 2. The number of rotatable bonds is 6. The Balaban J connectivity index is 1.70. The number of pyridine rings is 1. The van der Waals surface area contributed by atoms with Gasteiger partial charge in [-0.05, 0) is 67.0 Å². The van der Waals surface area contributed by atoms with E-state index in [4.69, 9.17) is 4.74 Å². The van der Waals surface area contributed by atoms with E-state index in [1.807, 2.05) is 20.8 Å². The minimum atomic E-state index is -0.643. The van der Waals surface area contributed by atoms with Crippen LogP contribution in [0.4, 0.5) is 10.1 Å². The van der Waals surface area contributed by atoms with Gasteiger partial charge < -0.3 is 15.4 Å². The third-order valence-electron chi connectivity index (χ3n) is 4.12. The van der Waals surface area contributed by atoms with E-state index in [0.717, 1.165) is 10.5 Å². The van der Waals surface area contributed by atoms with Crippen LogP contribution >= 0.6 is 15.9 Å². The maximum atomic E-state index is 14.2. The van der Waals surface area contributed by atoms with Gasteiger partial charge in [0, 0.05) is 22.8 Å². The number of ether oxygens (including phenoxy) is 1. The lowest BCUT2D eigenvalue weighted by molar-refractivity contribution is -0.000654. The Morgan fingerprint density at radius 2 is 1.97 bits per heavy atom. The van der Waals surface area contributed by atoms with E-state index < -0.39 is 11.7 Å². The van der Waals surface area contributed by atoms with E-state index in [9.17, 15) is 14.0 Å². The minimum absolute atomic E-state index is 0.0879. The van der Waals surface area contributed by atoms with Gasteiger partial charge in [-0.3, -0.25) is 9.59 Å². The first-order valence-electron chi connectivity index (χ1n) is 9.30. The summed E-state index contributed by atoms with van der Waals surface area (Å²) in [6, 6.07) is 7.31. The predicted octanol–water partition coefficient (Wildman–Crippen LogP) is 4.03. The van der Waals surface area contributed by atoms with Crippen LogP contribution in [0.5, 0.6) is 0 Å². The van der Waals surface area contributed by atoms with Crippen LogP contribution in [0.15, 0.2) is 47.2 Å². The normalized spacial score (nSPS) is 11.5. The number of aromatic nitrogens is 2. The lowest BCUT2D eigenvalue weighted by atomic mass is 10.1. The smallest absolute Gasteiger partial charge is 0.259 e. The first-order valence-corrected chi connectivity index (χ1v) is 10.1. The molecule has 2 heterocycles. The molecule has 158 valence electrons. The molecular formula is C21H22BrFN4O3. The standard InChI is InChI=1S/C21H22BrFN4O3/c1-21(2,3)30-9-8-24-19(28)13-4-6-16(23)17(10-13)26-20(29)15-11-25-27-12-14(22)5-7-18(15)27/h4-7,10-12H,8-9H2,1-3H3,(H,24,28)(H,26,29). The number of carbonyl (C=O) groups excluding carboxylic acids is 2. The molecule has 2 aromatic heterocycles. The van der Waals surface area contributed by atoms with Crippen molar-refractivity contribution in [2.24, 2.45) is 0 Å². The maximum absolute atomic E-state index is 14.2. The van der Waals surface area contributed by atoms with E-state index in [-0.39, 0.29) is 28.3 Å². The summed E-state index contributed by atoms with van der Waals surface area (Å²) >= 11 is 3.34. The number of hydrogen-bond acceptors (Lipinski definition) is 4. The highest BCUT2D eigenvalue weighted by Gasteiger charge is 2.17. The van der Waals surface area contributed by atoms with Crippen LogP contribution in [0.3, 0.4) is 0 Å². The van der Waals surface area contributed by atoms with Gasteiger partial charge >= 0.3 is 0 Å². The first-order chi connectivity index (χ1) is 14.1. The molecule has 2 N–H and O–H groups in total. The van der Waals surface area contributed by atoms with Crippen molar-refractivity contribution in [3.8, 4) is 0 Å². The van der Waals surface area contributed by atoms with Crippen molar-refractivity contribution in [2.75, 3.05) is 18.5 Å². The highest BCUT2D eigenvalue weighted by atomic mass is 79.9. The summed E-state index contributed by atoms with van der Waals surface area (Å²) in [7, 11) is 0. The van der Waals surface area contributed by atoms with Crippen LogP contribution in [0.25, 0.3) is 5.52 Å². The van der Waals surface area contributed by atoms with Crippen molar-refractivity contribution in [1.82, 2.24) is 14.9 Å². The van der Waals surface area contributed by atoms with Gasteiger partial charge in [0.1, 0.15) is 5.82 Å². The summed E-state index contributed by atoms with van der Waals surface area (Å²) in [4.78, 5) is 25.0. The summed E-state index contributed by atoms with van der Waals surface area (Å²) in [5.41, 5.74) is 0.702. The fourth-order valence-corrected chi connectivity index (χ4v) is 3.04. The van der Waals surface area contributed by atoms with Crippen LogP contribution < -0.4 is 10.6 Å². The van der Waals surface area contributed by atoms with Crippen molar-refractivity contribution in [1.29, 1.82) is 0 Å². The molecule has 0 bridgehead atoms. The Morgan fingerprint density at radius 1 is 1.20 bits per heavy atom. The molecule has 0 spiro atoms. The van der Waals surface area contributed by atoms with Gasteiger partial charge in [0.2, 0.25) is 0 Å². The molecule has 30 heavy (non-hydrogen) atoms.